The maximum Gasteiger partial charge on any atom is 0.305 e. The van der Waals surface area contributed by atoms with Gasteiger partial charge in [-0.15, -0.1) is 0 Å². The summed E-state index contributed by atoms with van der Waals surface area (Å²) in [5.41, 5.74) is 1.81. The maximum atomic E-state index is 11.0. The van der Waals surface area contributed by atoms with Gasteiger partial charge in [-0.3, -0.25) is 4.79 Å². The average molecular weight is 400 g/mol. The first kappa shape index (κ1) is 15.7. The maximum absolute atomic E-state index is 11.0. The smallest absolute Gasteiger partial charge is 0.305 e. The number of rotatable bonds is 5. The predicted octanol–water partition coefficient (Wildman–Crippen LogP) is 4.48. The Labute approximate surface area is 130 Å². The molecule has 6 heteroatoms. The average Bonchev–Trinajstić information content (AvgIpc) is 2.38. The summed E-state index contributed by atoms with van der Waals surface area (Å²) in [7, 11) is 1.38. The molecule has 0 spiro atoms. The van der Waals surface area contributed by atoms with Gasteiger partial charge in [-0.1, -0.05) is 29.3 Å². The molecule has 0 fully saturated rings. The van der Waals surface area contributed by atoms with Gasteiger partial charge >= 0.3 is 5.97 Å². The fourth-order valence-electron chi connectivity index (χ4n) is 1.41. The minimum atomic E-state index is -0.211. The van der Waals surface area contributed by atoms with E-state index < -0.39 is 0 Å². The number of methoxy groups -OCH3 is 1. The molecule has 0 atom stereocenters. The molecule has 0 aliphatic heterocycles. The second kappa shape index (κ2) is 7.96. The summed E-state index contributed by atoms with van der Waals surface area (Å²) < 4.78 is 8.77. The lowest BCUT2D eigenvalue weighted by molar-refractivity contribution is -0.140. The Kier molecular flexibility index (Phi) is 6.96. The summed E-state index contributed by atoms with van der Waals surface area (Å²) in [4.78, 5) is 11.0. The number of carbonyl (C=O) groups excluding carboxylic acids is 1. The molecule has 0 bridgehead atoms. The third-order valence-corrected chi connectivity index (χ3v) is 3.70. The predicted molar refractivity (Wildman–Crippen MR) is 82.9 cm³/mol. The Balaban J connectivity index is 2.66. The van der Waals surface area contributed by atoms with Crippen LogP contribution in [0.3, 0.4) is 0 Å². The van der Waals surface area contributed by atoms with Gasteiger partial charge in [0.25, 0.3) is 0 Å². The number of halogens is 3. The highest BCUT2D eigenvalue weighted by Crippen LogP contribution is 2.24. The van der Waals surface area contributed by atoms with Crippen LogP contribution in [0.15, 0.2) is 21.4 Å². The third kappa shape index (κ3) is 4.74. The van der Waals surface area contributed by atoms with Gasteiger partial charge in [-0.05, 0) is 30.5 Å². The molecule has 0 aliphatic rings. The van der Waals surface area contributed by atoms with E-state index in [0.29, 0.717) is 29.3 Å². The Morgan fingerprint density at radius 3 is 2.61 bits per heavy atom. The summed E-state index contributed by atoms with van der Waals surface area (Å²) >= 11 is 13.8. The molecule has 18 heavy (non-hydrogen) atoms. The minimum Gasteiger partial charge on any atom is -0.469 e. The summed E-state index contributed by atoms with van der Waals surface area (Å²) in [6, 6.07) is 5.38. The molecule has 0 unspecified atom stereocenters. The molecule has 1 aromatic rings. The van der Waals surface area contributed by atoms with Crippen LogP contribution in [-0.4, -0.2) is 18.8 Å². The van der Waals surface area contributed by atoms with Crippen molar-refractivity contribution in [1.82, 2.24) is 0 Å². The first-order chi connectivity index (χ1) is 8.58. The van der Waals surface area contributed by atoms with Crippen molar-refractivity contribution in [2.24, 2.45) is 3.21 Å². The Bertz CT molecular complexity index is 463. The molecule has 0 amide bonds. The zero-order valence-corrected chi connectivity index (χ0v) is 13.4. The standard InChI is InChI=1S/C12H12Cl2INO2/c1-18-12(17)4-2-3-11(16-15)8-5-6-9(13)10(14)7-8/h5-7H,2-4H2,1H3/b16-11+. The number of esters is 1. The van der Waals surface area contributed by atoms with Crippen molar-refractivity contribution in [1.29, 1.82) is 0 Å². The molecule has 0 radical (unpaired) electrons. The van der Waals surface area contributed by atoms with Gasteiger partial charge in [0, 0.05) is 6.42 Å². The molecular weight excluding hydrogens is 388 g/mol. The van der Waals surface area contributed by atoms with Crippen molar-refractivity contribution in [2.75, 3.05) is 7.11 Å². The molecule has 0 aliphatic carbocycles. The van der Waals surface area contributed by atoms with E-state index in [4.69, 9.17) is 23.2 Å². The number of hydrogen-bond acceptors (Lipinski definition) is 3. The van der Waals surface area contributed by atoms with Crippen LogP contribution in [0, 0.1) is 0 Å². The Morgan fingerprint density at radius 1 is 1.33 bits per heavy atom. The van der Waals surface area contributed by atoms with Gasteiger partial charge in [0.15, 0.2) is 0 Å². The SMILES string of the molecule is COC(=O)CCC/C(=N\I)c1ccc(Cl)c(Cl)c1. The molecule has 3 nitrogen and oxygen atoms in total. The summed E-state index contributed by atoms with van der Waals surface area (Å²) in [6.45, 7) is 0. The highest BCUT2D eigenvalue weighted by atomic mass is 127. The van der Waals surface area contributed by atoms with Crippen LogP contribution < -0.4 is 0 Å². The van der Waals surface area contributed by atoms with Gasteiger partial charge in [0.2, 0.25) is 0 Å². The number of benzene rings is 1. The Hall–Kier alpha value is -0.330. The van der Waals surface area contributed by atoms with E-state index in [9.17, 15) is 4.79 Å². The Morgan fingerprint density at radius 2 is 2.06 bits per heavy atom. The van der Waals surface area contributed by atoms with Crippen molar-refractivity contribution >= 4 is 57.7 Å². The fraction of sp³-hybridized carbons (Fsp3) is 0.333. The van der Waals surface area contributed by atoms with Crippen molar-refractivity contribution in [3.63, 3.8) is 0 Å². The molecule has 0 heterocycles. The number of hydrogen-bond donors (Lipinski definition) is 0. The van der Waals surface area contributed by atoms with Crippen LogP contribution in [0.5, 0.6) is 0 Å². The topological polar surface area (TPSA) is 38.7 Å². The van der Waals surface area contributed by atoms with E-state index in [1.165, 1.54) is 7.11 Å². The molecule has 0 N–H and O–H groups in total. The van der Waals surface area contributed by atoms with Gasteiger partial charge in [0.1, 0.15) is 0 Å². The van der Waals surface area contributed by atoms with E-state index in [0.717, 1.165) is 11.3 Å². The van der Waals surface area contributed by atoms with E-state index >= 15 is 0 Å². The molecule has 1 aromatic carbocycles. The fourth-order valence-corrected chi connectivity index (χ4v) is 2.23. The first-order valence-electron chi connectivity index (χ1n) is 5.28. The molecule has 1 rings (SSSR count). The van der Waals surface area contributed by atoms with Crippen LogP contribution in [-0.2, 0) is 9.53 Å². The van der Waals surface area contributed by atoms with Crippen molar-refractivity contribution in [2.45, 2.75) is 19.3 Å². The second-order valence-electron chi connectivity index (χ2n) is 3.59. The third-order valence-electron chi connectivity index (χ3n) is 2.38. The normalized spacial score (nSPS) is 11.4. The quantitative estimate of drug-likeness (QED) is 0.416. The summed E-state index contributed by atoms with van der Waals surface area (Å²) in [6.07, 6.45) is 1.76. The molecule has 0 saturated carbocycles. The van der Waals surface area contributed by atoms with Gasteiger partial charge in [-0.25, -0.2) is 3.21 Å². The number of carbonyl (C=O) groups is 1. The summed E-state index contributed by atoms with van der Waals surface area (Å²) in [5.74, 6) is -0.211. The first-order valence-corrected chi connectivity index (χ1v) is 7.00. The van der Waals surface area contributed by atoms with E-state index in [2.05, 4.69) is 7.94 Å². The van der Waals surface area contributed by atoms with Gasteiger partial charge < -0.3 is 4.74 Å². The van der Waals surface area contributed by atoms with Crippen LogP contribution in [0.4, 0.5) is 0 Å². The van der Waals surface area contributed by atoms with E-state index in [1.54, 1.807) is 12.1 Å². The van der Waals surface area contributed by atoms with Crippen LogP contribution in [0.25, 0.3) is 0 Å². The van der Waals surface area contributed by atoms with Gasteiger partial charge in [-0.2, -0.15) is 0 Å². The lowest BCUT2D eigenvalue weighted by Crippen LogP contribution is -2.04. The van der Waals surface area contributed by atoms with E-state index in [1.807, 2.05) is 28.9 Å². The zero-order valence-electron chi connectivity index (χ0n) is 9.75. The van der Waals surface area contributed by atoms with Crippen LogP contribution in [0.2, 0.25) is 10.0 Å². The van der Waals surface area contributed by atoms with Crippen LogP contribution in [0.1, 0.15) is 24.8 Å². The monoisotopic (exact) mass is 399 g/mol. The molecule has 98 valence electrons. The molecule has 0 aromatic heterocycles. The molecule has 0 saturated heterocycles. The zero-order chi connectivity index (χ0) is 13.5. The lowest BCUT2D eigenvalue weighted by Gasteiger charge is -2.06. The highest BCUT2D eigenvalue weighted by Gasteiger charge is 2.08. The van der Waals surface area contributed by atoms with Crippen molar-refractivity contribution in [3.8, 4) is 0 Å². The van der Waals surface area contributed by atoms with Crippen molar-refractivity contribution in [3.05, 3.63) is 33.8 Å². The molecular formula is C12H12Cl2INO2. The summed E-state index contributed by atoms with van der Waals surface area (Å²) in [5, 5.41) is 1.02. The van der Waals surface area contributed by atoms with Gasteiger partial charge in [0.05, 0.1) is 45.7 Å². The number of ether oxygens (including phenoxy) is 1. The van der Waals surface area contributed by atoms with Crippen LogP contribution >= 0.6 is 46.1 Å². The number of nitrogens with zero attached hydrogens (tertiary/aromatic N) is 1. The lowest BCUT2D eigenvalue weighted by atomic mass is 10.0. The van der Waals surface area contributed by atoms with Crippen molar-refractivity contribution < 1.29 is 9.53 Å². The minimum absolute atomic E-state index is 0.211. The highest BCUT2D eigenvalue weighted by molar-refractivity contribution is 14.1. The largest absolute Gasteiger partial charge is 0.469 e. The second-order valence-corrected chi connectivity index (χ2v) is 4.89. The van der Waals surface area contributed by atoms with E-state index in [-0.39, 0.29) is 5.97 Å².